The Hall–Kier alpha value is -1.78. The summed E-state index contributed by atoms with van der Waals surface area (Å²) in [5.41, 5.74) is 0. The van der Waals surface area contributed by atoms with E-state index in [0.717, 1.165) is 0 Å². The first-order chi connectivity index (χ1) is 5.36. The number of aromatic nitrogens is 1. The zero-order valence-corrected chi connectivity index (χ0v) is 5.31. The van der Waals surface area contributed by atoms with Gasteiger partial charge in [-0.1, -0.05) is 0 Å². The van der Waals surface area contributed by atoms with Crippen LogP contribution in [-0.2, 0) is 0 Å². The standard InChI is InChI=1S/C6H3NO4/c8-6-10-5(7-11-6)4-2-1-3-9-4/h1-3H. The number of hydrogen-bond acceptors (Lipinski definition) is 5. The molecule has 0 saturated heterocycles. The number of furan rings is 1. The monoisotopic (exact) mass is 153 g/mol. The maximum absolute atomic E-state index is 10.3. The molecule has 0 fully saturated rings. The van der Waals surface area contributed by atoms with Gasteiger partial charge in [-0.3, -0.25) is 4.52 Å². The Kier molecular flexibility index (Phi) is 1.15. The summed E-state index contributed by atoms with van der Waals surface area (Å²) in [4.78, 5) is 10.3. The quantitative estimate of drug-likeness (QED) is 0.608. The fourth-order valence-corrected chi connectivity index (χ4v) is 0.690. The molecular formula is C6H3NO4. The van der Waals surface area contributed by atoms with Gasteiger partial charge >= 0.3 is 11.7 Å². The highest BCUT2D eigenvalue weighted by Gasteiger charge is 2.08. The van der Waals surface area contributed by atoms with Crippen molar-refractivity contribution in [3.8, 4) is 11.7 Å². The average molecular weight is 153 g/mol. The first-order valence-electron chi connectivity index (χ1n) is 2.87. The second-order valence-electron chi connectivity index (χ2n) is 1.82. The maximum atomic E-state index is 10.3. The SMILES string of the molecule is O=c1onc(-c2ccco2)o1. The van der Waals surface area contributed by atoms with Crippen LogP contribution in [0.2, 0.25) is 0 Å². The first-order valence-corrected chi connectivity index (χ1v) is 2.87. The summed E-state index contributed by atoms with van der Waals surface area (Å²) >= 11 is 0. The molecule has 0 spiro atoms. The van der Waals surface area contributed by atoms with Crippen molar-refractivity contribution in [2.75, 3.05) is 0 Å². The predicted octanol–water partition coefficient (Wildman–Crippen LogP) is 0.888. The van der Waals surface area contributed by atoms with E-state index >= 15 is 0 Å². The lowest BCUT2D eigenvalue weighted by Gasteiger charge is -1.79. The molecule has 0 amide bonds. The van der Waals surface area contributed by atoms with E-state index in [4.69, 9.17) is 4.42 Å². The molecule has 0 atom stereocenters. The average Bonchev–Trinajstić information content (AvgIpc) is 2.55. The van der Waals surface area contributed by atoms with E-state index < -0.39 is 5.82 Å². The van der Waals surface area contributed by atoms with E-state index in [9.17, 15) is 4.79 Å². The molecule has 5 nitrogen and oxygen atoms in total. The first kappa shape index (κ1) is 5.96. The normalized spacial score (nSPS) is 10.2. The highest BCUT2D eigenvalue weighted by molar-refractivity contribution is 5.41. The minimum atomic E-state index is -0.837. The van der Waals surface area contributed by atoms with E-state index in [1.807, 2.05) is 0 Å². The lowest BCUT2D eigenvalue weighted by Crippen LogP contribution is -1.85. The predicted molar refractivity (Wildman–Crippen MR) is 32.7 cm³/mol. The summed E-state index contributed by atoms with van der Waals surface area (Å²) in [5.74, 6) is -0.410. The van der Waals surface area contributed by atoms with Crippen molar-refractivity contribution in [3.05, 3.63) is 29.0 Å². The Morgan fingerprint density at radius 1 is 1.45 bits per heavy atom. The molecule has 2 rings (SSSR count). The van der Waals surface area contributed by atoms with Gasteiger partial charge in [-0.15, -0.1) is 0 Å². The van der Waals surface area contributed by atoms with E-state index in [-0.39, 0.29) is 5.89 Å². The van der Waals surface area contributed by atoms with Gasteiger partial charge in [0.05, 0.1) is 6.26 Å². The summed E-state index contributed by atoms with van der Waals surface area (Å²) in [5, 5.41) is 3.31. The van der Waals surface area contributed by atoms with Crippen molar-refractivity contribution in [2.24, 2.45) is 0 Å². The van der Waals surface area contributed by atoms with Crippen LogP contribution in [0.5, 0.6) is 0 Å². The molecule has 0 aliphatic heterocycles. The van der Waals surface area contributed by atoms with Crippen LogP contribution in [0.3, 0.4) is 0 Å². The van der Waals surface area contributed by atoms with Crippen molar-refractivity contribution in [1.29, 1.82) is 0 Å². The van der Waals surface area contributed by atoms with Crippen LogP contribution < -0.4 is 5.82 Å². The molecule has 2 aromatic rings. The molecule has 0 aliphatic carbocycles. The lowest BCUT2D eigenvalue weighted by molar-refractivity contribution is 0.335. The molecule has 0 N–H and O–H groups in total. The molecule has 0 unspecified atom stereocenters. The molecule has 0 radical (unpaired) electrons. The molecule has 56 valence electrons. The van der Waals surface area contributed by atoms with Crippen molar-refractivity contribution in [1.82, 2.24) is 5.16 Å². The van der Waals surface area contributed by atoms with Gasteiger partial charge in [0.1, 0.15) is 0 Å². The third kappa shape index (κ3) is 0.958. The third-order valence-corrected chi connectivity index (χ3v) is 1.12. The van der Waals surface area contributed by atoms with Crippen LogP contribution in [0.1, 0.15) is 0 Å². The van der Waals surface area contributed by atoms with Gasteiger partial charge in [0.15, 0.2) is 5.76 Å². The number of hydrogen-bond donors (Lipinski definition) is 0. The van der Waals surface area contributed by atoms with Crippen LogP contribution in [0.4, 0.5) is 0 Å². The summed E-state index contributed by atoms with van der Waals surface area (Å²) < 4.78 is 13.5. The summed E-state index contributed by atoms with van der Waals surface area (Å²) in [6.45, 7) is 0. The second-order valence-corrected chi connectivity index (χ2v) is 1.82. The van der Waals surface area contributed by atoms with Crippen LogP contribution in [0, 0.1) is 0 Å². The smallest absolute Gasteiger partial charge is 0.459 e. The molecule has 5 heteroatoms. The molecule has 0 saturated carbocycles. The Morgan fingerprint density at radius 2 is 2.36 bits per heavy atom. The molecule has 2 aromatic heterocycles. The molecular weight excluding hydrogens is 150 g/mol. The van der Waals surface area contributed by atoms with E-state index in [2.05, 4.69) is 14.1 Å². The van der Waals surface area contributed by atoms with Gasteiger partial charge in [-0.25, -0.2) is 4.79 Å². The van der Waals surface area contributed by atoms with Crippen molar-refractivity contribution in [2.45, 2.75) is 0 Å². The topological polar surface area (TPSA) is 69.4 Å². The highest BCUT2D eigenvalue weighted by atomic mass is 16.6. The fraction of sp³-hybridized carbons (Fsp3) is 0. The summed E-state index contributed by atoms with van der Waals surface area (Å²) in [6, 6.07) is 3.27. The Labute approximate surface area is 60.2 Å². The van der Waals surface area contributed by atoms with Gasteiger partial charge in [0.2, 0.25) is 0 Å². The van der Waals surface area contributed by atoms with E-state index in [0.29, 0.717) is 5.76 Å². The Balaban J connectivity index is 2.53. The molecule has 0 bridgehead atoms. The lowest BCUT2D eigenvalue weighted by atomic mass is 10.5. The van der Waals surface area contributed by atoms with Crippen LogP contribution in [0.25, 0.3) is 11.7 Å². The zero-order valence-electron chi connectivity index (χ0n) is 5.31. The molecule has 11 heavy (non-hydrogen) atoms. The Morgan fingerprint density at radius 3 is 2.91 bits per heavy atom. The van der Waals surface area contributed by atoms with Crippen molar-refractivity contribution >= 4 is 0 Å². The van der Waals surface area contributed by atoms with Crippen molar-refractivity contribution < 1.29 is 13.4 Å². The third-order valence-electron chi connectivity index (χ3n) is 1.12. The Bertz CT molecular complexity index is 383. The maximum Gasteiger partial charge on any atom is 0.542 e. The van der Waals surface area contributed by atoms with Gasteiger partial charge in [-0.2, -0.15) is 0 Å². The minimum Gasteiger partial charge on any atom is -0.459 e. The van der Waals surface area contributed by atoms with Gasteiger partial charge < -0.3 is 8.83 Å². The van der Waals surface area contributed by atoms with Gasteiger partial charge in [0, 0.05) is 0 Å². The van der Waals surface area contributed by atoms with Crippen LogP contribution >= 0.6 is 0 Å². The molecule has 0 aliphatic rings. The molecule has 2 heterocycles. The largest absolute Gasteiger partial charge is 0.542 e. The summed E-state index contributed by atoms with van der Waals surface area (Å²) in [6.07, 6.45) is 1.45. The van der Waals surface area contributed by atoms with Crippen molar-refractivity contribution in [3.63, 3.8) is 0 Å². The van der Waals surface area contributed by atoms with E-state index in [1.54, 1.807) is 12.1 Å². The van der Waals surface area contributed by atoms with Gasteiger partial charge in [0.25, 0.3) is 0 Å². The number of rotatable bonds is 1. The highest BCUT2D eigenvalue weighted by Crippen LogP contribution is 2.14. The fourth-order valence-electron chi connectivity index (χ4n) is 0.690. The van der Waals surface area contributed by atoms with Crippen LogP contribution in [0.15, 0.2) is 36.5 Å². The number of nitrogens with zero attached hydrogens (tertiary/aromatic N) is 1. The summed E-state index contributed by atoms with van der Waals surface area (Å²) in [7, 11) is 0. The zero-order chi connectivity index (χ0) is 7.68. The van der Waals surface area contributed by atoms with Crippen LogP contribution in [-0.4, -0.2) is 5.16 Å². The minimum absolute atomic E-state index is 0.0556. The van der Waals surface area contributed by atoms with Gasteiger partial charge in [-0.05, 0) is 17.3 Å². The second kappa shape index (κ2) is 2.12. The van der Waals surface area contributed by atoms with E-state index in [1.165, 1.54) is 6.26 Å². The molecule has 0 aromatic carbocycles.